The van der Waals surface area contributed by atoms with Gasteiger partial charge in [-0.25, -0.2) is 0 Å². The first kappa shape index (κ1) is 30.1. The molecule has 0 spiro atoms. The fourth-order valence-electron chi connectivity index (χ4n) is 9.31. The highest BCUT2D eigenvalue weighted by Crippen LogP contribution is 2.55. The van der Waals surface area contributed by atoms with Crippen LogP contribution in [0.1, 0.15) is 25.0 Å². The molecule has 3 nitrogen and oxygen atoms in total. The number of anilines is 6. The molecule has 8 aromatic rings. The van der Waals surface area contributed by atoms with Crippen molar-refractivity contribution in [3.05, 3.63) is 187 Å². The monoisotopic (exact) mass is 678 g/mol. The summed E-state index contributed by atoms with van der Waals surface area (Å²) in [4.78, 5) is 4.80. The zero-order valence-electron chi connectivity index (χ0n) is 29.6. The molecule has 0 saturated carbocycles. The van der Waals surface area contributed by atoms with E-state index in [1.807, 2.05) is 0 Å². The van der Waals surface area contributed by atoms with Gasteiger partial charge in [0.25, 0.3) is 6.71 Å². The number of fused-ring (bicyclic) bond motifs is 9. The molecule has 2 heterocycles. The lowest BCUT2D eigenvalue weighted by molar-refractivity contribution is 0.487. The molecule has 11 rings (SSSR count). The predicted octanol–water partition coefficient (Wildman–Crippen LogP) is 11.0. The van der Waals surface area contributed by atoms with Crippen LogP contribution in [0.25, 0.3) is 21.9 Å². The second-order valence-electron chi connectivity index (χ2n) is 14.9. The van der Waals surface area contributed by atoms with Crippen LogP contribution in [-0.4, -0.2) is 6.71 Å². The van der Waals surface area contributed by atoms with Crippen molar-refractivity contribution in [2.24, 2.45) is 0 Å². The maximum Gasteiger partial charge on any atom is 0.256 e. The molecular weight excluding hydrogens is 643 g/mol. The average molecular weight is 679 g/mol. The summed E-state index contributed by atoms with van der Waals surface area (Å²) in [6.45, 7) is 4.84. The first-order chi connectivity index (χ1) is 26.1. The standard InChI is InChI=1S/C49H35BN2O/c1-49(2)38-30-41-46(53-45-28-16-27-43-48(45)50(41)40-25-14-15-26-42(40)52(43)34-21-10-5-11-22-34)29-37(38)47-36-24-13-12-23-35(36)44(31-39(47)49)51(32-17-6-3-7-18-32)33-19-8-4-9-20-33/h3-31H,1-2H3. The van der Waals surface area contributed by atoms with Crippen molar-refractivity contribution in [1.29, 1.82) is 0 Å². The summed E-state index contributed by atoms with van der Waals surface area (Å²) >= 11 is 0. The van der Waals surface area contributed by atoms with Crippen LogP contribution >= 0.6 is 0 Å². The first-order valence-electron chi connectivity index (χ1n) is 18.5. The number of para-hydroxylation sites is 4. The van der Waals surface area contributed by atoms with Crippen molar-refractivity contribution in [2.45, 2.75) is 19.3 Å². The highest BCUT2D eigenvalue weighted by atomic mass is 16.5. The Bertz CT molecular complexity index is 2700. The molecule has 3 aliphatic rings. The molecule has 4 heteroatoms. The molecule has 0 saturated heterocycles. The Morgan fingerprint density at radius 1 is 0.528 bits per heavy atom. The predicted molar refractivity (Wildman–Crippen MR) is 222 cm³/mol. The van der Waals surface area contributed by atoms with Gasteiger partial charge in [0, 0.05) is 39.2 Å². The Hall–Kier alpha value is -6.52. The minimum absolute atomic E-state index is 0.0462. The Kier molecular flexibility index (Phi) is 6.39. The molecule has 0 bridgehead atoms. The second kappa shape index (κ2) is 11.2. The molecule has 8 aromatic carbocycles. The topological polar surface area (TPSA) is 15.7 Å². The Balaban J connectivity index is 1.14. The number of rotatable bonds is 4. The quantitative estimate of drug-likeness (QED) is 0.172. The van der Waals surface area contributed by atoms with E-state index in [-0.39, 0.29) is 12.1 Å². The summed E-state index contributed by atoms with van der Waals surface area (Å²) in [5.74, 6) is 1.86. The largest absolute Gasteiger partial charge is 0.458 e. The van der Waals surface area contributed by atoms with Crippen molar-refractivity contribution in [3.8, 4) is 22.6 Å². The maximum absolute atomic E-state index is 6.99. The van der Waals surface area contributed by atoms with Crippen LogP contribution in [0.5, 0.6) is 11.5 Å². The van der Waals surface area contributed by atoms with E-state index in [1.165, 1.54) is 66.5 Å². The van der Waals surface area contributed by atoms with E-state index in [4.69, 9.17) is 4.74 Å². The molecule has 0 amide bonds. The van der Waals surface area contributed by atoms with Gasteiger partial charge in [0.15, 0.2) is 0 Å². The molecule has 0 unspecified atom stereocenters. The van der Waals surface area contributed by atoms with Crippen LogP contribution in [0.15, 0.2) is 176 Å². The molecule has 0 N–H and O–H groups in total. The lowest BCUT2D eigenvalue weighted by Crippen LogP contribution is -2.59. The summed E-state index contributed by atoms with van der Waals surface area (Å²) < 4.78 is 6.99. The zero-order valence-corrected chi connectivity index (χ0v) is 29.6. The minimum Gasteiger partial charge on any atom is -0.458 e. The van der Waals surface area contributed by atoms with Crippen molar-refractivity contribution < 1.29 is 4.74 Å². The van der Waals surface area contributed by atoms with E-state index < -0.39 is 0 Å². The lowest BCUT2D eigenvalue weighted by Gasteiger charge is -2.40. The van der Waals surface area contributed by atoms with Gasteiger partial charge in [-0.15, -0.1) is 0 Å². The number of hydrogen-bond acceptors (Lipinski definition) is 3. The van der Waals surface area contributed by atoms with Gasteiger partial charge in [-0.1, -0.05) is 123 Å². The smallest absolute Gasteiger partial charge is 0.256 e. The van der Waals surface area contributed by atoms with Gasteiger partial charge in [-0.3, -0.25) is 0 Å². The highest BCUT2D eigenvalue weighted by molar-refractivity contribution is 6.99. The molecule has 0 atom stereocenters. The number of benzene rings is 8. The van der Waals surface area contributed by atoms with E-state index in [1.54, 1.807) is 0 Å². The molecule has 0 fully saturated rings. The van der Waals surface area contributed by atoms with E-state index in [2.05, 4.69) is 200 Å². The molecule has 1 aliphatic carbocycles. The molecule has 0 radical (unpaired) electrons. The van der Waals surface area contributed by atoms with Crippen molar-refractivity contribution >= 4 is 68.0 Å². The van der Waals surface area contributed by atoms with Gasteiger partial charge in [0.05, 0.1) is 5.69 Å². The molecule has 250 valence electrons. The number of ether oxygens (including phenoxy) is 1. The molecule has 53 heavy (non-hydrogen) atoms. The zero-order chi connectivity index (χ0) is 35.3. The third kappa shape index (κ3) is 4.30. The Morgan fingerprint density at radius 3 is 1.89 bits per heavy atom. The van der Waals surface area contributed by atoms with Gasteiger partial charge >= 0.3 is 0 Å². The third-order valence-corrected chi connectivity index (χ3v) is 11.7. The third-order valence-electron chi connectivity index (χ3n) is 11.7. The fraction of sp³-hybridized carbons (Fsp3) is 0.0612. The molecule has 0 aromatic heterocycles. The van der Waals surface area contributed by atoms with Gasteiger partial charge in [0.1, 0.15) is 11.5 Å². The Labute approximate surface area is 310 Å². The van der Waals surface area contributed by atoms with Crippen molar-refractivity contribution in [3.63, 3.8) is 0 Å². The molecular formula is C49H35BN2O. The summed E-state index contributed by atoms with van der Waals surface area (Å²) in [5, 5.41) is 2.47. The summed E-state index contributed by atoms with van der Waals surface area (Å²) in [7, 11) is 0. The summed E-state index contributed by atoms with van der Waals surface area (Å²) in [6.07, 6.45) is 0. The van der Waals surface area contributed by atoms with Crippen LogP contribution in [0, 0.1) is 0 Å². The summed E-state index contributed by atoms with van der Waals surface area (Å²) in [5.41, 5.74) is 15.7. The van der Waals surface area contributed by atoms with Gasteiger partial charge < -0.3 is 14.5 Å². The van der Waals surface area contributed by atoms with Gasteiger partial charge in [-0.05, 0) is 111 Å². The first-order valence-corrected chi connectivity index (χ1v) is 18.5. The van der Waals surface area contributed by atoms with Crippen molar-refractivity contribution in [2.75, 3.05) is 9.80 Å². The van der Waals surface area contributed by atoms with Crippen LogP contribution < -0.4 is 30.9 Å². The van der Waals surface area contributed by atoms with Crippen LogP contribution in [0.2, 0.25) is 0 Å². The van der Waals surface area contributed by atoms with E-state index >= 15 is 0 Å². The highest BCUT2D eigenvalue weighted by Gasteiger charge is 2.45. The maximum atomic E-state index is 6.99. The van der Waals surface area contributed by atoms with Gasteiger partial charge in [0.2, 0.25) is 0 Å². The summed E-state index contributed by atoms with van der Waals surface area (Å²) in [6, 6.07) is 63.8. The second-order valence-corrected chi connectivity index (χ2v) is 14.9. The Morgan fingerprint density at radius 2 is 1.15 bits per heavy atom. The average Bonchev–Trinajstić information content (AvgIpc) is 3.43. The minimum atomic E-state index is -0.262. The normalized spacial score (nSPS) is 14.1. The lowest BCUT2D eigenvalue weighted by atomic mass is 9.34. The van der Waals surface area contributed by atoms with Crippen LogP contribution in [0.4, 0.5) is 34.1 Å². The number of hydrogen-bond donors (Lipinski definition) is 0. The van der Waals surface area contributed by atoms with Crippen LogP contribution in [0.3, 0.4) is 0 Å². The van der Waals surface area contributed by atoms with Crippen LogP contribution in [-0.2, 0) is 5.41 Å². The number of nitrogens with zero attached hydrogens (tertiary/aromatic N) is 2. The molecule has 2 aliphatic heterocycles. The van der Waals surface area contributed by atoms with Gasteiger partial charge in [-0.2, -0.15) is 0 Å². The fourth-order valence-corrected chi connectivity index (χ4v) is 9.31. The van der Waals surface area contributed by atoms with Crippen molar-refractivity contribution in [1.82, 2.24) is 0 Å². The van der Waals surface area contributed by atoms with E-state index in [0.717, 1.165) is 28.6 Å². The SMILES string of the molecule is CC1(C)c2cc3c(cc2-c2c1cc(N(c1ccccc1)c1ccccc1)c1ccccc21)Oc1cccc2c1B3c1ccccc1N2c1ccccc1. The van der Waals surface area contributed by atoms with E-state index in [9.17, 15) is 0 Å². The van der Waals surface area contributed by atoms with E-state index in [0.29, 0.717) is 0 Å².